The third kappa shape index (κ3) is 1.74. The minimum atomic E-state index is -1.40. The molecule has 0 aliphatic heterocycles. The second kappa shape index (κ2) is 3.56. The molecular formula is C9H9NO5. The highest BCUT2D eigenvalue weighted by atomic mass is 16.4. The summed E-state index contributed by atoms with van der Waals surface area (Å²) in [5.41, 5.74) is -0.671. The van der Waals surface area contributed by atoms with Gasteiger partial charge >= 0.3 is 11.9 Å². The highest BCUT2D eigenvalue weighted by Crippen LogP contribution is 2.18. The summed E-state index contributed by atoms with van der Waals surface area (Å²) in [7, 11) is 0. The molecule has 0 radical (unpaired) electrons. The Hall–Kier alpha value is -2.11. The van der Waals surface area contributed by atoms with Gasteiger partial charge in [0.2, 0.25) is 0 Å². The molecule has 0 aromatic carbocycles. The minimum absolute atomic E-state index is 0.0183. The molecule has 0 amide bonds. The number of nitrogens with one attached hydrogen (secondary N) is 1. The Morgan fingerprint density at radius 1 is 1.07 bits per heavy atom. The van der Waals surface area contributed by atoms with Crippen LogP contribution in [0.3, 0.4) is 0 Å². The van der Waals surface area contributed by atoms with Crippen molar-refractivity contribution < 1.29 is 24.6 Å². The maximum Gasteiger partial charge on any atom is 0.353 e. The molecule has 1 rings (SSSR count). The normalized spacial score (nSPS) is 10.0. The zero-order valence-corrected chi connectivity index (χ0v) is 8.12. The van der Waals surface area contributed by atoms with Crippen molar-refractivity contribution in [1.29, 1.82) is 0 Å². The average molecular weight is 211 g/mol. The molecule has 6 heteroatoms. The number of hydrogen-bond donors (Lipinski definition) is 3. The summed E-state index contributed by atoms with van der Waals surface area (Å²) in [5, 5.41) is 17.5. The molecule has 0 atom stereocenters. The summed E-state index contributed by atoms with van der Waals surface area (Å²) in [6.45, 7) is 2.62. The lowest BCUT2D eigenvalue weighted by Crippen LogP contribution is -2.07. The van der Waals surface area contributed by atoms with Gasteiger partial charge in [-0.1, -0.05) is 0 Å². The van der Waals surface area contributed by atoms with Crippen LogP contribution >= 0.6 is 0 Å². The molecule has 0 fully saturated rings. The molecule has 0 aliphatic rings. The Kier molecular flexibility index (Phi) is 2.61. The van der Waals surface area contributed by atoms with Crippen molar-refractivity contribution in [3.05, 3.63) is 22.5 Å². The van der Waals surface area contributed by atoms with Gasteiger partial charge in [-0.3, -0.25) is 4.79 Å². The van der Waals surface area contributed by atoms with Crippen LogP contribution < -0.4 is 0 Å². The molecule has 1 heterocycles. The Morgan fingerprint density at radius 2 is 1.60 bits per heavy atom. The number of H-pyrrole nitrogens is 1. The second-order valence-electron chi connectivity index (χ2n) is 3.04. The van der Waals surface area contributed by atoms with E-state index < -0.39 is 23.4 Å². The number of carbonyl (C=O) groups excluding carboxylic acids is 1. The van der Waals surface area contributed by atoms with E-state index in [2.05, 4.69) is 4.98 Å². The van der Waals surface area contributed by atoms with Gasteiger partial charge in [0.25, 0.3) is 0 Å². The first-order valence-electron chi connectivity index (χ1n) is 4.06. The maximum atomic E-state index is 11.1. The van der Waals surface area contributed by atoms with Crippen LogP contribution in [0, 0.1) is 6.92 Å². The average Bonchev–Trinajstić information content (AvgIpc) is 2.42. The van der Waals surface area contributed by atoms with Crippen molar-refractivity contribution in [2.24, 2.45) is 0 Å². The van der Waals surface area contributed by atoms with E-state index in [0.29, 0.717) is 0 Å². The van der Waals surface area contributed by atoms with Gasteiger partial charge in [-0.25, -0.2) is 9.59 Å². The summed E-state index contributed by atoms with van der Waals surface area (Å²) in [6, 6.07) is 0. The number of Topliss-reactive ketones (excluding diaryl/α,β-unsaturated/α-hetero) is 1. The number of aromatic nitrogens is 1. The molecule has 6 nitrogen and oxygen atoms in total. The number of hydrogen-bond acceptors (Lipinski definition) is 3. The summed E-state index contributed by atoms with van der Waals surface area (Å²) in [4.78, 5) is 34.9. The third-order valence-electron chi connectivity index (χ3n) is 2.03. The van der Waals surface area contributed by atoms with Gasteiger partial charge in [0, 0.05) is 6.92 Å². The lowest BCUT2D eigenvalue weighted by molar-refractivity contribution is 0.0648. The predicted molar refractivity (Wildman–Crippen MR) is 49.5 cm³/mol. The Balaban J connectivity index is 3.53. The molecule has 1 aromatic rings. The molecule has 0 saturated heterocycles. The first kappa shape index (κ1) is 11.0. The number of carbonyl (C=O) groups is 3. The minimum Gasteiger partial charge on any atom is -0.478 e. The van der Waals surface area contributed by atoms with Crippen LogP contribution in [-0.2, 0) is 0 Å². The molecule has 0 saturated carbocycles. The molecule has 15 heavy (non-hydrogen) atoms. The summed E-state index contributed by atoms with van der Waals surface area (Å²) < 4.78 is 0. The van der Waals surface area contributed by atoms with Crippen LogP contribution in [0.4, 0.5) is 0 Å². The monoisotopic (exact) mass is 211 g/mol. The van der Waals surface area contributed by atoms with E-state index in [1.54, 1.807) is 0 Å². The van der Waals surface area contributed by atoms with Crippen molar-refractivity contribution in [2.45, 2.75) is 13.8 Å². The van der Waals surface area contributed by atoms with E-state index >= 15 is 0 Å². The van der Waals surface area contributed by atoms with Crippen molar-refractivity contribution in [3.63, 3.8) is 0 Å². The first-order chi connectivity index (χ1) is 6.86. The number of carboxylic acids is 2. The van der Waals surface area contributed by atoms with Crippen LogP contribution in [0.15, 0.2) is 0 Å². The highest BCUT2D eigenvalue weighted by Gasteiger charge is 2.25. The molecule has 0 spiro atoms. The van der Waals surface area contributed by atoms with Gasteiger partial charge in [0.15, 0.2) is 5.78 Å². The SMILES string of the molecule is CC(=O)c1[nH]c(C(=O)O)c(C(=O)O)c1C. The largest absolute Gasteiger partial charge is 0.478 e. The summed E-state index contributed by atoms with van der Waals surface area (Å²) in [5.74, 6) is -3.17. The molecule has 80 valence electrons. The molecule has 3 N–H and O–H groups in total. The van der Waals surface area contributed by atoms with Gasteiger partial charge in [0.05, 0.1) is 11.3 Å². The molecule has 0 unspecified atom stereocenters. The number of rotatable bonds is 3. The van der Waals surface area contributed by atoms with Gasteiger partial charge in [-0.05, 0) is 12.5 Å². The zero-order chi connectivity index (χ0) is 11.7. The fourth-order valence-electron chi connectivity index (χ4n) is 1.37. The predicted octanol–water partition coefficient (Wildman–Crippen LogP) is 0.922. The van der Waals surface area contributed by atoms with Gasteiger partial charge < -0.3 is 15.2 Å². The topological polar surface area (TPSA) is 107 Å². The lowest BCUT2D eigenvalue weighted by Gasteiger charge is -1.94. The number of ketones is 1. The first-order valence-corrected chi connectivity index (χ1v) is 4.06. The van der Waals surface area contributed by atoms with Crippen molar-refractivity contribution in [1.82, 2.24) is 4.98 Å². The number of aromatic amines is 1. The third-order valence-corrected chi connectivity index (χ3v) is 2.03. The second-order valence-corrected chi connectivity index (χ2v) is 3.04. The van der Waals surface area contributed by atoms with Crippen LogP contribution in [0.1, 0.15) is 43.8 Å². The van der Waals surface area contributed by atoms with Crippen LogP contribution in [0.25, 0.3) is 0 Å². The van der Waals surface area contributed by atoms with E-state index in [1.807, 2.05) is 0 Å². The van der Waals surface area contributed by atoms with E-state index in [-0.39, 0.29) is 16.8 Å². The summed E-state index contributed by atoms with van der Waals surface area (Å²) >= 11 is 0. The van der Waals surface area contributed by atoms with E-state index in [1.165, 1.54) is 13.8 Å². The number of carboxylic acid groups (broad SMARTS) is 2. The van der Waals surface area contributed by atoms with Crippen LogP contribution in [0.5, 0.6) is 0 Å². The van der Waals surface area contributed by atoms with Crippen LogP contribution in [0.2, 0.25) is 0 Å². The zero-order valence-electron chi connectivity index (χ0n) is 8.12. The Bertz CT molecular complexity index is 457. The fraction of sp³-hybridized carbons (Fsp3) is 0.222. The maximum absolute atomic E-state index is 11.1. The highest BCUT2D eigenvalue weighted by molar-refractivity contribution is 6.06. The Morgan fingerprint density at radius 3 is 1.87 bits per heavy atom. The van der Waals surface area contributed by atoms with Crippen LogP contribution in [-0.4, -0.2) is 32.9 Å². The lowest BCUT2D eigenvalue weighted by atomic mass is 10.1. The number of aromatic carboxylic acids is 2. The van der Waals surface area contributed by atoms with Gasteiger partial charge in [-0.2, -0.15) is 0 Å². The van der Waals surface area contributed by atoms with Gasteiger partial charge in [-0.15, -0.1) is 0 Å². The smallest absolute Gasteiger partial charge is 0.353 e. The molecular weight excluding hydrogens is 202 g/mol. The summed E-state index contributed by atoms with van der Waals surface area (Å²) in [6.07, 6.45) is 0. The van der Waals surface area contributed by atoms with E-state index in [9.17, 15) is 14.4 Å². The Labute approximate surface area is 84.5 Å². The molecule has 1 aromatic heterocycles. The quantitative estimate of drug-likeness (QED) is 0.644. The van der Waals surface area contributed by atoms with E-state index in [0.717, 1.165) is 0 Å². The molecule has 0 aliphatic carbocycles. The van der Waals surface area contributed by atoms with E-state index in [4.69, 9.17) is 10.2 Å². The molecule has 0 bridgehead atoms. The standard InChI is InChI=1S/C9H9NO5/c1-3-5(8(12)13)7(9(14)15)10-6(3)4(2)11/h10H,1-2H3,(H,12,13)(H,14,15). The van der Waals surface area contributed by atoms with Crippen molar-refractivity contribution in [2.75, 3.05) is 0 Å². The van der Waals surface area contributed by atoms with Crippen molar-refractivity contribution >= 4 is 17.7 Å². The van der Waals surface area contributed by atoms with Crippen molar-refractivity contribution in [3.8, 4) is 0 Å². The van der Waals surface area contributed by atoms with Gasteiger partial charge in [0.1, 0.15) is 5.69 Å². The fourth-order valence-corrected chi connectivity index (χ4v) is 1.37.